The van der Waals surface area contributed by atoms with E-state index in [1.807, 2.05) is 31.2 Å². The molecule has 1 aliphatic carbocycles. The number of nitrogens with zero attached hydrogens (tertiary/aromatic N) is 2. The zero-order valence-corrected chi connectivity index (χ0v) is 19.1. The third-order valence-corrected chi connectivity index (χ3v) is 7.11. The molecule has 2 aromatic heterocycles. The first-order valence-corrected chi connectivity index (χ1v) is 12.0. The maximum Gasteiger partial charge on any atom is 0.268 e. The number of pyridine rings is 1. The molecule has 4 aromatic rings. The quantitative estimate of drug-likeness (QED) is 0.421. The fourth-order valence-electron chi connectivity index (χ4n) is 4.38. The standard InChI is InChI=1S/C26H24FN3O2S/c1-16-6-11-22-17(12-16)13-18-14-23(33-25(18)29-22)26(32)30(21-9-7-19(27)8-10-21)15-24(31)28-20-4-2-3-5-20/h6-14,20H,2-5,15H2,1H3,(H,28,31). The van der Waals surface area contributed by atoms with Crippen molar-refractivity contribution in [1.82, 2.24) is 10.3 Å². The highest BCUT2D eigenvalue weighted by Crippen LogP contribution is 2.30. The van der Waals surface area contributed by atoms with Crippen LogP contribution in [0, 0.1) is 12.7 Å². The van der Waals surface area contributed by atoms with Gasteiger partial charge in [0.25, 0.3) is 5.91 Å². The van der Waals surface area contributed by atoms with Gasteiger partial charge in [-0.25, -0.2) is 9.37 Å². The van der Waals surface area contributed by atoms with Crippen LogP contribution in [0.25, 0.3) is 21.1 Å². The largest absolute Gasteiger partial charge is 0.352 e. The summed E-state index contributed by atoms with van der Waals surface area (Å²) < 4.78 is 13.5. The van der Waals surface area contributed by atoms with Gasteiger partial charge >= 0.3 is 0 Å². The molecule has 0 bridgehead atoms. The number of amides is 2. The molecule has 33 heavy (non-hydrogen) atoms. The molecule has 0 radical (unpaired) electrons. The Bertz CT molecular complexity index is 1340. The van der Waals surface area contributed by atoms with E-state index in [0.29, 0.717) is 10.6 Å². The SMILES string of the molecule is Cc1ccc2nc3sc(C(=O)N(CC(=O)NC4CCCC4)c4ccc(F)cc4)cc3cc2c1. The van der Waals surface area contributed by atoms with E-state index in [1.165, 1.54) is 40.5 Å². The number of rotatable bonds is 5. The van der Waals surface area contributed by atoms with Gasteiger partial charge in [-0.2, -0.15) is 0 Å². The van der Waals surface area contributed by atoms with Crippen molar-refractivity contribution in [2.45, 2.75) is 38.6 Å². The van der Waals surface area contributed by atoms with Crippen molar-refractivity contribution in [2.75, 3.05) is 11.4 Å². The number of aromatic nitrogens is 1. The number of aryl methyl sites for hydroxylation is 1. The predicted octanol–water partition coefficient (Wildman–Crippen LogP) is 5.60. The van der Waals surface area contributed by atoms with Crippen molar-refractivity contribution < 1.29 is 14.0 Å². The third kappa shape index (κ3) is 4.59. The van der Waals surface area contributed by atoms with E-state index in [4.69, 9.17) is 4.98 Å². The molecule has 2 amide bonds. The van der Waals surface area contributed by atoms with E-state index < -0.39 is 5.82 Å². The number of halogens is 1. The van der Waals surface area contributed by atoms with Crippen molar-refractivity contribution in [1.29, 1.82) is 0 Å². The lowest BCUT2D eigenvalue weighted by atomic mass is 10.1. The van der Waals surface area contributed by atoms with Gasteiger partial charge in [0, 0.05) is 22.5 Å². The van der Waals surface area contributed by atoms with Gasteiger partial charge < -0.3 is 5.32 Å². The molecular weight excluding hydrogens is 437 g/mol. The van der Waals surface area contributed by atoms with Crippen molar-refractivity contribution >= 4 is 50.0 Å². The second-order valence-corrected chi connectivity index (χ2v) is 9.64. The summed E-state index contributed by atoms with van der Waals surface area (Å²) in [6, 6.07) is 15.7. The summed E-state index contributed by atoms with van der Waals surface area (Å²) in [5.74, 6) is -0.902. The summed E-state index contributed by atoms with van der Waals surface area (Å²) in [6.45, 7) is 1.91. The molecule has 1 aliphatic rings. The van der Waals surface area contributed by atoms with E-state index in [-0.39, 0.29) is 24.4 Å². The van der Waals surface area contributed by atoms with Crippen molar-refractivity contribution in [3.05, 3.63) is 70.9 Å². The number of nitrogens with one attached hydrogen (secondary N) is 1. The van der Waals surface area contributed by atoms with Gasteiger partial charge in [0.1, 0.15) is 17.2 Å². The molecule has 0 atom stereocenters. The minimum atomic E-state index is -0.394. The van der Waals surface area contributed by atoms with E-state index in [0.717, 1.165) is 52.4 Å². The fraction of sp³-hybridized carbons (Fsp3) is 0.269. The van der Waals surface area contributed by atoms with E-state index in [1.54, 1.807) is 0 Å². The van der Waals surface area contributed by atoms with Gasteiger partial charge in [0.2, 0.25) is 5.91 Å². The lowest BCUT2D eigenvalue weighted by Gasteiger charge is -2.23. The monoisotopic (exact) mass is 461 g/mol. The summed E-state index contributed by atoms with van der Waals surface area (Å²) in [5.41, 5.74) is 2.50. The first-order chi connectivity index (χ1) is 16.0. The summed E-state index contributed by atoms with van der Waals surface area (Å²) in [6.07, 6.45) is 4.14. The van der Waals surface area contributed by atoms with Crippen LogP contribution < -0.4 is 10.2 Å². The smallest absolute Gasteiger partial charge is 0.268 e. The average molecular weight is 462 g/mol. The maximum atomic E-state index is 13.6. The van der Waals surface area contributed by atoms with E-state index in [2.05, 4.69) is 11.4 Å². The minimum absolute atomic E-state index is 0.121. The van der Waals surface area contributed by atoms with Crippen LogP contribution in [0.4, 0.5) is 10.1 Å². The normalized spacial score (nSPS) is 14.1. The first kappa shape index (κ1) is 21.5. The zero-order chi connectivity index (χ0) is 22.9. The molecule has 1 saturated carbocycles. The third-order valence-electron chi connectivity index (χ3n) is 6.07. The number of benzene rings is 2. The Morgan fingerprint density at radius 3 is 2.58 bits per heavy atom. The summed E-state index contributed by atoms with van der Waals surface area (Å²) in [7, 11) is 0. The van der Waals surface area contributed by atoms with E-state index >= 15 is 0 Å². The Kier molecular flexibility index (Phi) is 5.81. The van der Waals surface area contributed by atoms with Crippen LogP contribution in [0.1, 0.15) is 40.9 Å². The predicted molar refractivity (Wildman–Crippen MR) is 130 cm³/mol. The molecule has 2 aromatic carbocycles. The molecule has 168 valence electrons. The number of hydrogen-bond donors (Lipinski definition) is 1. The van der Waals surface area contributed by atoms with Crippen LogP contribution in [-0.2, 0) is 4.79 Å². The van der Waals surface area contributed by atoms with Crippen LogP contribution in [0.5, 0.6) is 0 Å². The second-order valence-electron chi connectivity index (χ2n) is 8.61. The number of fused-ring (bicyclic) bond motifs is 2. The lowest BCUT2D eigenvalue weighted by Crippen LogP contribution is -2.43. The molecule has 2 heterocycles. The minimum Gasteiger partial charge on any atom is -0.352 e. The average Bonchev–Trinajstić information content (AvgIpc) is 3.45. The van der Waals surface area contributed by atoms with Gasteiger partial charge in [0.15, 0.2) is 0 Å². The molecular formula is C26H24FN3O2S. The first-order valence-electron chi connectivity index (χ1n) is 11.1. The number of hydrogen-bond acceptors (Lipinski definition) is 4. The fourth-order valence-corrected chi connectivity index (χ4v) is 5.35. The van der Waals surface area contributed by atoms with Crippen molar-refractivity contribution in [2.24, 2.45) is 0 Å². The summed E-state index contributed by atoms with van der Waals surface area (Å²) >= 11 is 1.30. The Labute approximate surface area is 195 Å². The number of carbonyl (C=O) groups is 2. The molecule has 1 N–H and O–H groups in total. The number of thiophene rings is 1. The van der Waals surface area contributed by atoms with Crippen LogP contribution in [0.3, 0.4) is 0 Å². The Morgan fingerprint density at radius 2 is 1.82 bits per heavy atom. The molecule has 0 unspecified atom stereocenters. The van der Waals surface area contributed by atoms with Crippen LogP contribution >= 0.6 is 11.3 Å². The molecule has 5 rings (SSSR count). The molecule has 0 saturated heterocycles. The second kappa shape index (κ2) is 8.90. The Hall–Kier alpha value is -3.32. The van der Waals surface area contributed by atoms with E-state index in [9.17, 15) is 14.0 Å². The Morgan fingerprint density at radius 1 is 1.06 bits per heavy atom. The Balaban J connectivity index is 1.47. The highest BCUT2D eigenvalue weighted by molar-refractivity contribution is 7.20. The number of carbonyl (C=O) groups excluding carboxylic acids is 2. The van der Waals surface area contributed by atoms with Crippen LogP contribution in [0.15, 0.2) is 54.6 Å². The summed E-state index contributed by atoms with van der Waals surface area (Å²) in [5, 5.41) is 4.94. The van der Waals surface area contributed by atoms with Crippen molar-refractivity contribution in [3.8, 4) is 0 Å². The van der Waals surface area contributed by atoms with Gasteiger partial charge in [0.05, 0.1) is 10.4 Å². The molecule has 1 fully saturated rings. The van der Waals surface area contributed by atoms with Gasteiger partial charge in [-0.15, -0.1) is 11.3 Å². The van der Waals surface area contributed by atoms with Gasteiger partial charge in [-0.3, -0.25) is 14.5 Å². The highest BCUT2D eigenvalue weighted by Gasteiger charge is 2.25. The molecule has 0 aliphatic heterocycles. The maximum absolute atomic E-state index is 13.6. The zero-order valence-electron chi connectivity index (χ0n) is 18.3. The van der Waals surface area contributed by atoms with Gasteiger partial charge in [-0.05, 0) is 68.3 Å². The topological polar surface area (TPSA) is 62.3 Å². The molecule has 7 heteroatoms. The van der Waals surface area contributed by atoms with Crippen LogP contribution in [0.2, 0.25) is 0 Å². The van der Waals surface area contributed by atoms with Crippen molar-refractivity contribution in [3.63, 3.8) is 0 Å². The molecule has 0 spiro atoms. The van der Waals surface area contributed by atoms with Crippen LogP contribution in [-0.4, -0.2) is 29.4 Å². The highest BCUT2D eigenvalue weighted by atomic mass is 32.1. The lowest BCUT2D eigenvalue weighted by molar-refractivity contribution is -0.120. The number of anilines is 1. The summed E-state index contributed by atoms with van der Waals surface area (Å²) in [4.78, 5) is 33.7. The van der Waals surface area contributed by atoms with Gasteiger partial charge in [-0.1, -0.05) is 24.5 Å². The molecule has 5 nitrogen and oxygen atoms in total.